The quantitative estimate of drug-likeness (QED) is 0.527. The van der Waals surface area contributed by atoms with E-state index in [4.69, 9.17) is 5.73 Å². The molecule has 20 heavy (non-hydrogen) atoms. The Morgan fingerprint density at radius 1 is 0.850 bits per heavy atom. The fourth-order valence-corrected chi connectivity index (χ4v) is 2.95. The van der Waals surface area contributed by atoms with Crippen LogP contribution in [0.15, 0.2) is 40.1 Å². The third-order valence-electron chi connectivity index (χ3n) is 2.53. The molecule has 0 aliphatic rings. The maximum Gasteiger partial charge on any atom is 0.212 e. The average molecular weight is 305 g/mol. The molecule has 0 unspecified atom stereocenters. The van der Waals surface area contributed by atoms with E-state index in [1.165, 1.54) is 12.1 Å². The molecule has 0 aliphatic heterocycles. The Balaban J connectivity index is 2.76. The van der Waals surface area contributed by atoms with Gasteiger partial charge in [-0.25, -0.2) is 26.0 Å². The van der Waals surface area contributed by atoms with Crippen LogP contribution in [0.4, 0.5) is 23.2 Å². The van der Waals surface area contributed by atoms with Crippen LogP contribution < -0.4 is 5.73 Å². The van der Waals surface area contributed by atoms with E-state index in [1.807, 2.05) is 0 Å². The summed E-state index contributed by atoms with van der Waals surface area (Å²) in [5.74, 6) is -7.53. The molecule has 2 N–H and O–H groups in total. The first kappa shape index (κ1) is 14.3. The van der Waals surface area contributed by atoms with E-state index in [0.29, 0.717) is 0 Å². The highest BCUT2D eigenvalue weighted by atomic mass is 32.2. The van der Waals surface area contributed by atoms with Gasteiger partial charge in [0.15, 0.2) is 23.3 Å². The van der Waals surface area contributed by atoms with E-state index in [0.717, 1.165) is 12.1 Å². The average Bonchev–Trinajstić information content (AvgIpc) is 2.37. The summed E-state index contributed by atoms with van der Waals surface area (Å²) < 4.78 is 77.2. The number of hydrogen-bond acceptors (Lipinski definition) is 3. The Morgan fingerprint density at radius 3 is 1.75 bits per heavy atom. The molecule has 0 amide bonds. The summed E-state index contributed by atoms with van der Waals surface area (Å²) in [5.41, 5.74) is 5.57. The van der Waals surface area contributed by atoms with Crippen LogP contribution in [0.2, 0.25) is 0 Å². The largest absolute Gasteiger partial charge is 0.399 e. The molecule has 2 aromatic rings. The van der Waals surface area contributed by atoms with Crippen LogP contribution >= 0.6 is 0 Å². The van der Waals surface area contributed by atoms with Gasteiger partial charge >= 0.3 is 0 Å². The molecule has 0 radical (unpaired) electrons. The Labute approximate surface area is 111 Å². The number of nitrogen functional groups attached to an aromatic ring is 1. The number of rotatable bonds is 2. The second-order valence-electron chi connectivity index (χ2n) is 3.87. The molecule has 2 aromatic carbocycles. The summed E-state index contributed by atoms with van der Waals surface area (Å²) in [7, 11) is -4.75. The van der Waals surface area contributed by atoms with Crippen LogP contribution in [0.1, 0.15) is 0 Å². The Morgan fingerprint density at radius 2 is 1.30 bits per heavy atom. The highest BCUT2D eigenvalue weighted by molar-refractivity contribution is 7.91. The topological polar surface area (TPSA) is 60.2 Å². The maximum absolute atomic E-state index is 13.5. The standard InChI is InChI=1S/C12H7F4NO2S/c13-8-5-9(14)11(16)12(10(8)15)20(18,19)7-3-1-6(17)2-4-7/h1-5H,17H2. The summed E-state index contributed by atoms with van der Waals surface area (Å²) in [6.45, 7) is 0. The second-order valence-corrected chi connectivity index (χ2v) is 5.76. The molecule has 0 saturated carbocycles. The fraction of sp³-hybridized carbons (Fsp3) is 0. The van der Waals surface area contributed by atoms with Crippen molar-refractivity contribution >= 4 is 15.5 Å². The van der Waals surface area contributed by atoms with E-state index < -0.39 is 42.9 Å². The Hall–Kier alpha value is -2.09. The minimum atomic E-state index is -4.75. The molecule has 0 bridgehead atoms. The van der Waals surface area contributed by atoms with Gasteiger partial charge < -0.3 is 5.73 Å². The zero-order valence-corrected chi connectivity index (χ0v) is 10.5. The molecule has 0 spiro atoms. The lowest BCUT2D eigenvalue weighted by molar-refractivity contribution is 0.419. The van der Waals surface area contributed by atoms with Crippen molar-refractivity contribution in [3.8, 4) is 0 Å². The van der Waals surface area contributed by atoms with Crippen molar-refractivity contribution < 1.29 is 26.0 Å². The molecule has 8 heteroatoms. The molecule has 106 valence electrons. The smallest absolute Gasteiger partial charge is 0.212 e. The number of benzene rings is 2. The van der Waals surface area contributed by atoms with E-state index in [9.17, 15) is 26.0 Å². The molecule has 0 atom stereocenters. The number of nitrogens with two attached hydrogens (primary N) is 1. The van der Waals surface area contributed by atoms with E-state index in [-0.39, 0.29) is 11.8 Å². The first-order chi connectivity index (χ1) is 9.25. The SMILES string of the molecule is Nc1ccc(S(=O)(=O)c2c(F)c(F)cc(F)c2F)cc1. The highest BCUT2D eigenvalue weighted by Crippen LogP contribution is 2.29. The monoisotopic (exact) mass is 305 g/mol. The fourth-order valence-electron chi connectivity index (χ4n) is 1.55. The highest BCUT2D eigenvalue weighted by Gasteiger charge is 2.31. The summed E-state index contributed by atoms with van der Waals surface area (Å²) in [6, 6.07) is 4.25. The minimum absolute atomic E-state index is 0.0628. The van der Waals surface area contributed by atoms with Crippen molar-refractivity contribution in [1.82, 2.24) is 0 Å². The molecule has 0 aromatic heterocycles. The van der Waals surface area contributed by atoms with Crippen molar-refractivity contribution in [3.63, 3.8) is 0 Å². The third kappa shape index (κ3) is 2.22. The molecule has 0 fully saturated rings. The molecule has 0 heterocycles. The number of halogens is 4. The summed E-state index contributed by atoms with van der Waals surface area (Å²) in [5, 5.41) is 0. The molecular weight excluding hydrogens is 298 g/mol. The summed E-state index contributed by atoms with van der Waals surface area (Å²) >= 11 is 0. The van der Waals surface area contributed by atoms with Gasteiger partial charge in [0.25, 0.3) is 0 Å². The number of hydrogen-bond donors (Lipinski definition) is 1. The molecular formula is C12H7F4NO2S. The van der Waals surface area contributed by atoms with Gasteiger partial charge in [-0.2, -0.15) is 0 Å². The van der Waals surface area contributed by atoms with Gasteiger partial charge in [0.2, 0.25) is 9.84 Å². The van der Waals surface area contributed by atoms with Gasteiger partial charge in [-0.1, -0.05) is 0 Å². The molecule has 3 nitrogen and oxygen atoms in total. The van der Waals surface area contributed by atoms with Crippen LogP contribution in [-0.4, -0.2) is 8.42 Å². The minimum Gasteiger partial charge on any atom is -0.399 e. The van der Waals surface area contributed by atoms with Gasteiger partial charge in [-0.3, -0.25) is 0 Å². The van der Waals surface area contributed by atoms with E-state index in [1.54, 1.807) is 0 Å². The lowest BCUT2D eigenvalue weighted by atomic mass is 10.3. The van der Waals surface area contributed by atoms with Gasteiger partial charge in [-0.05, 0) is 24.3 Å². The van der Waals surface area contributed by atoms with Crippen molar-refractivity contribution in [2.45, 2.75) is 9.79 Å². The molecule has 0 saturated heterocycles. The van der Waals surface area contributed by atoms with Crippen LogP contribution in [0.5, 0.6) is 0 Å². The van der Waals surface area contributed by atoms with Crippen molar-refractivity contribution in [2.24, 2.45) is 0 Å². The van der Waals surface area contributed by atoms with Gasteiger partial charge in [0.1, 0.15) is 4.90 Å². The normalized spacial score (nSPS) is 11.6. The molecule has 0 aliphatic carbocycles. The lowest BCUT2D eigenvalue weighted by Crippen LogP contribution is -2.11. The van der Waals surface area contributed by atoms with Crippen molar-refractivity contribution in [3.05, 3.63) is 53.6 Å². The third-order valence-corrected chi connectivity index (χ3v) is 4.32. The molecule has 2 rings (SSSR count). The predicted molar refractivity (Wildman–Crippen MR) is 62.6 cm³/mol. The predicted octanol–water partition coefficient (Wildman–Crippen LogP) is 2.66. The summed E-state index contributed by atoms with van der Waals surface area (Å²) in [4.78, 5) is -2.20. The van der Waals surface area contributed by atoms with E-state index >= 15 is 0 Å². The summed E-state index contributed by atoms with van der Waals surface area (Å²) in [6.07, 6.45) is 0. The van der Waals surface area contributed by atoms with Crippen molar-refractivity contribution in [2.75, 3.05) is 5.73 Å². The zero-order valence-electron chi connectivity index (χ0n) is 9.70. The van der Waals surface area contributed by atoms with Crippen LogP contribution in [0.3, 0.4) is 0 Å². The first-order valence-electron chi connectivity index (χ1n) is 5.18. The zero-order chi connectivity index (χ0) is 15.1. The van der Waals surface area contributed by atoms with Crippen LogP contribution in [0, 0.1) is 23.3 Å². The Kier molecular flexibility index (Phi) is 3.43. The van der Waals surface area contributed by atoms with Gasteiger partial charge in [-0.15, -0.1) is 0 Å². The Bertz CT molecular complexity index is 747. The van der Waals surface area contributed by atoms with Crippen molar-refractivity contribution in [1.29, 1.82) is 0 Å². The van der Waals surface area contributed by atoms with Gasteiger partial charge in [0, 0.05) is 11.8 Å². The number of sulfone groups is 1. The lowest BCUT2D eigenvalue weighted by Gasteiger charge is -2.08. The van der Waals surface area contributed by atoms with E-state index in [2.05, 4.69) is 0 Å². The van der Waals surface area contributed by atoms with Crippen LogP contribution in [-0.2, 0) is 9.84 Å². The van der Waals surface area contributed by atoms with Crippen LogP contribution in [0.25, 0.3) is 0 Å². The first-order valence-corrected chi connectivity index (χ1v) is 6.67. The second kappa shape index (κ2) is 4.78. The van der Waals surface area contributed by atoms with Gasteiger partial charge in [0.05, 0.1) is 4.90 Å². The number of anilines is 1. The maximum atomic E-state index is 13.5.